The summed E-state index contributed by atoms with van der Waals surface area (Å²) < 4.78 is 28.9. The molecule has 12 nitrogen and oxygen atoms in total. The van der Waals surface area contributed by atoms with Crippen molar-refractivity contribution in [1.29, 1.82) is 5.26 Å². The lowest BCUT2D eigenvalue weighted by atomic mass is 10.0. The fourth-order valence-electron chi connectivity index (χ4n) is 4.39. The predicted octanol–water partition coefficient (Wildman–Crippen LogP) is 4.71. The van der Waals surface area contributed by atoms with Gasteiger partial charge in [0.05, 0.1) is 26.0 Å². The molecule has 2 aromatic heterocycles. The molecule has 1 fully saturated rings. The number of carbonyl (C=O) groups is 1. The van der Waals surface area contributed by atoms with Crippen LogP contribution < -0.4 is 15.0 Å². The van der Waals surface area contributed by atoms with Gasteiger partial charge in [0.15, 0.2) is 8.32 Å². The Bertz CT molecular complexity index is 1280. The molecular weight excluding hydrogens is 544 g/mol. The molecule has 0 radical (unpaired) electrons. The molecule has 0 aromatic carbocycles. The van der Waals surface area contributed by atoms with Crippen LogP contribution >= 0.6 is 0 Å². The topological polar surface area (TPSA) is 141 Å². The number of pyridine rings is 1. The van der Waals surface area contributed by atoms with Crippen molar-refractivity contribution in [3.05, 3.63) is 34.6 Å². The fourth-order valence-corrected chi connectivity index (χ4v) is 5.34. The van der Waals surface area contributed by atoms with E-state index in [0.717, 1.165) is 24.0 Å². The molecule has 41 heavy (non-hydrogen) atoms. The average Bonchev–Trinajstić information content (AvgIpc) is 3.45. The lowest BCUT2D eigenvalue weighted by molar-refractivity contribution is -0.109. The van der Waals surface area contributed by atoms with Gasteiger partial charge in [-0.05, 0) is 42.6 Å². The third kappa shape index (κ3) is 7.02. The minimum Gasteiger partial charge on any atom is -0.471 e. The third-order valence-corrected chi connectivity index (χ3v) is 12.3. The van der Waals surface area contributed by atoms with Crippen molar-refractivity contribution < 1.29 is 28.2 Å². The van der Waals surface area contributed by atoms with Gasteiger partial charge in [-0.25, -0.2) is 14.8 Å². The van der Waals surface area contributed by atoms with E-state index in [1.165, 1.54) is 6.20 Å². The summed E-state index contributed by atoms with van der Waals surface area (Å²) in [7, 11) is 1.07. The molecule has 2 aliphatic rings. The van der Waals surface area contributed by atoms with Crippen LogP contribution in [0.15, 0.2) is 12.3 Å². The zero-order chi connectivity index (χ0) is 29.8. The summed E-state index contributed by atoms with van der Waals surface area (Å²) in [6.45, 7) is 12.8. The van der Waals surface area contributed by atoms with Crippen molar-refractivity contribution >= 4 is 26.1 Å². The quantitative estimate of drug-likeness (QED) is 0.325. The van der Waals surface area contributed by atoms with E-state index >= 15 is 0 Å². The number of hydrogen-bond donors (Lipinski definition) is 1. The number of hydrogen-bond acceptors (Lipinski definition) is 10. The van der Waals surface area contributed by atoms with Gasteiger partial charge in [-0.2, -0.15) is 10.2 Å². The Hall–Kier alpha value is -3.15. The van der Waals surface area contributed by atoms with Crippen LogP contribution in [0.4, 0.5) is 16.6 Å². The van der Waals surface area contributed by atoms with Crippen LogP contribution in [0.2, 0.25) is 18.1 Å². The van der Waals surface area contributed by atoms with Crippen LogP contribution in [0.5, 0.6) is 5.88 Å². The van der Waals surface area contributed by atoms with E-state index in [1.807, 2.05) is 12.1 Å². The Labute approximate surface area is 242 Å². The van der Waals surface area contributed by atoms with Gasteiger partial charge >= 0.3 is 6.03 Å². The number of nitrogens with one attached hydrogen (secondary N) is 1. The maximum atomic E-state index is 13.5. The van der Waals surface area contributed by atoms with E-state index in [9.17, 15) is 10.1 Å². The molecule has 1 saturated heterocycles. The molecule has 222 valence electrons. The molecular formula is C28H40N6O6Si. The monoisotopic (exact) mass is 584 g/mol. The van der Waals surface area contributed by atoms with Gasteiger partial charge in [0.2, 0.25) is 18.1 Å². The SMILES string of the molecule is COC(OC)c1nc2c(cc1CO[Si](C)(C)C(C)(C)C)CCCN2C(=O)Nc1ncc(C#N)c(OC2CCOC2)n1. The molecule has 0 bridgehead atoms. The first-order valence-electron chi connectivity index (χ1n) is 13.8. The van der Waals surface area contributed by atoms with Crippen LogP contribution in [-0.4, -0.2) is 69.4 Å². The summed E-state index contributed by atoms with van der Waals surface area (Å²) >= 11 is 0. The third-order valence-electron chi connectivity index (χ3n) is 7.82. The van der Waals surface area contributed by atoms with Gasteiger partial charge in [-0.15, -0.1) is 0 Å². The Kier molecular flexibility index (Phi) is 9.61. The molecule has 2 aromatic rings. The molecule has 0 spiro atoms. The molecule has 4 rings (SSSR count). The maximum absolute atomic E-state index is 13.5. The summed E-state index contributed by atoms with van der Waals surface area (Å²) in [6.07, 6.45) is 2.62. The molecule has 0 saturated carbocycles. The van der Waals surface area contributed by atoms with Crippen molar-refractivity contribution in [2.75, 3.05) is 44.2 Å². The standard InChI is InChI=1S/C28H40N6O6Si/c1-28(2,3)41(6,7)39-16-19-13-18-9-8-11-34(23(18)31-22(19)25(36-4)37-5)27(35)33-26-30-15-20(14-29)24(32-26)40-21-10-12-38-17-21/h13,15,21,25H,8-12,16-17H2,1-7H3,(H,30,32,33,35). The number of urea groups is 1. The lowest BCUT2D eigenvalue weighted by Gasteiger charge is -2.36. The van der Waals surface area contributed by atoms with Crippen molar-refractivity contribution in [3.8, 4) is 11.9 Å². The number of fused-ring (bicyclic) bond motifs is 1. The number of nitriles is 1. The van der Waals surface area contributed by atoms with Gasteiger partial charge in [0, 0.05) is 32.7 Å². The van der Waals surface area contributed by atoms with E-state index in [0.29, 0.717) is 44.3 Å². The molecule has 2 amide bonds. The predicted molar refractivity (Wildman–Crippen MR) is 154 cm³/mol. The molecule has 13 heteroatoms. The van der Waals surface area contributed by atoms with Crippen LogP contribution in [0.3, 0.4) is 0 Å². The summed E-state index contributed by atoms with van der Waals surface area (Å²) in [5, 5.41) is 12.3. The van der Waals surface area contributed by atoms with E-state index in [-0.39, 0.29) is 28.5 Å². The van der Waals surface area contributed by atoms with Crippen LogP contribution in [0.25, 0.3) is 0 Å². The van der Waals surface area contributed by atoms with Crippen molar-refractivity contribution in [2.24, 2.45) is 0 Å². The van der Waals surface area contributed by atoms with E-state index in [2.05, 4.69) is 49.1 Å². The Balaban J connectivity index is 1.60. The van der Waals surface area contributed by atoms with Gasteiger partial charge in [0.1, 0.15) is 29.2 Å². The second-order valence-electron chi connectivity index (χ2n) is 11.7. The highest BCUT2D eigenvalue weighted by Gasteiger charge is 2.38. The van der Waals surface area contributed by atoms with E-state index in [4.69, 9.17) is 28.4 Å². The minimum atomic E-state index is -2.03. The number of aryl methyl sites for hydroxylation is 1. The molecule has 2 aliphatic heterocycles. The molecule has 1 unspecified atom stereocenters. The molecule has 0 aliphatic carbocycles. The van der Waals surface area contributed by atoms with Crippen molar-refractivity contribution in [3.63, 3.8) is 0 Å². The van der Waals surface area contributed by atoms with Crippen molar-refractivity contribution in [1.82, 2.24) is 15.0 Å². The van der Waals surface area contributed by atoms with Gasteiger partial charge in [0.25, 0.3) is 0 Å². The van der Waals surface area contributed by atoms with E-state index in [1.54, 1.807) is 19.1 Å². The summed E-state index contributed by atoms with van der Waals surface area (Å²) in [6, 6.07) is 3.63. The largest absolute Gasteiger partial charge is 0.471 e. The lowest BCUT2D eigenvalue weighted by Crippen LogP contribution is -2.41. The summed E-state index contributed by atoms with van der Waals surface area (Å²) in [5.74, 6) is 0.663. The van der Waals surface area contributed by atoms with Gasteiger partial charge in [-0.1, -0.05) is 20.8 Å². The summed E-state index contributed by atoms with van der Waals surface area (Å²) in [5.41, 5.74) is 2.55. The number of methoxy groups -OCH3 is 2. The van der Waals surface area contributed by atoms with Crippen LogP contribution in [-0.2, 0) is 31.7 Å². The van der Waals surface area contributed by atoms with Crippen molar-refractivity contribution in [2.45, 2.75) is 77.2 Å². The smallest absolute Gasteiger partial charge is 0.329 e. The Morgan fingerprint density at radius 2 is 2.05 bits per heavy atom. The number of amides is 2. The van der Waals surface area contributed by atoms with E-state index < -0.39 is 20.6 Å². The first-order chi connectivity index (χ1) is 19.5. The number of anilines is 2. The number of nitrogens with zero attached hydrogens (tertiary/aromatic N) is 5. The van der Waals surface area contributed by atoms with Crippen LogP contribution in [0.1, 0.15) is 62.3 Å². The summed E-state index contributed by atoms with van der Waals surface area (Å²) in [4.78, 5) is 28.4. The molecule has 1 atom stereocenters. The zero-order valence-electron chi connectivity index (χ0n) is 24.9. The van der Waals surface area contributed by atoms with Gasteiger partial charge < -0.3 is 23.4 Å². The number of ether oxygens (including phenoxy) is 4. The number of aromatic nitrogens is 3. The number of rotatable bonds is 9. The highest BCUT2D eigenvalue weighted by atomic mass is 28.4. The Morgan fingerprint density at radius 1 is 1.29 bits per heavy atom. The second kappa shape index (κ2) is 12.8. The normalized spacial score (nSPS) is 17.3. The van der Waals surface area contributed by atoms with Gasteiger partial charge in [-0.3, -0.25) is 10.2 Å². The molecule has 1 N–H and O–H groups in total. The zero-order valence-corrected chi connectivity index (χ0v) is 25.9. The fraction of sp³-hybridized carbons (Fsp3) is 0.607. The maximum Gasteiger partial charge on any atom is 0.329 e. The average molecular weight is 585 g/mol. The van der Waals surface area contributed by atoms with Crippen LogP contribution in [0, 0.1) is 11.3 Å². The highest BCUT2D eigenvalue weighted by Crippen LogP contribution is 2.38. The minimum absolute atomic E-state index is 0.0290. The first kappa shape index (κ1) is 30.8. The highest BCUT2D eigenvalue weighted by molar-refractivity contribution is 6.74. The molecule has 4 heterocycles. The Morgan fingerprint density at radius 3 is 2.68 bits per heavy atom. The second-order valence-corrected chi connectivity index (χ2v) is 16.5. The first-order valence-corrected chi connectivity index (χ1v) is 16.7. The number of carbonyl (C=O) groups excluding carboxylic acids is 1.